The second kappa shape index (κ2) is 11.8. The van der Waals surface area contributed by atoms with E-state index < -0.39 is 5.91 Å². The van der Waals surface area contributed by atoms with Crippen LogP contribution in [0.15, 0.2) is 57.6 Å². The monoisotopic (exact) mass is 620 g/mol. The van der Waals surface area contributed by atoms with Crippen LogP contribution in [0.5, 0.6) is 5.75 Å². The molecule has 0 fully saturated rings. The molecule has 0 unspecified atom stereocenters. The van der Waals surface area contributed by atoms with Crippen LogP contribution in [0.25, 0.3) is 22.4 Å². The molecule has 13 heteroatoms. The van der Waals surface area contributed by atoms with Crippen molar-refractivity contribution in [2.45, 2.75) is 33.4 Å². The van der Waals surface area contributed by atoms with E-state index in [1.807, 2.05) is 42.7 Å². The molecule has 0 aliphatic heterocycles. The molecule has 0 atom stereocenters. The summed E-state index contributed by atoms with van der Waals surface area (Å²) in [6, 6.07) is 13.0. The average molecular weight is 621 g/mol. The van der Waals surface area contributed by atoms with Gasteiger partial charge in [-0.1, -0.05) is 28.1 Å². The Morgan fingerprint density at radius 3 is 2.76 bits per heavy atom. The van der Waals surface area contributed by atoms with E-state index >= 15 is 0 Å². The summed E-state index contributed by atoms with van der Waals surface area (Å²) in [5.74, 6) is 0.412. The summed E-state index contributed by atoms with van der Waals surface area (Å²) >= 11 is 3.47. The van der Waals surface area contributed by atoms with Gasteiger partial charge < -0.3 is 24.8 Å². The first-order valence-corrected chi connectivity index (χ1v) is 13.8. The molecule has 5 rings (SSSR count). The van der Waals surface area contributed by atoms with Gasteiger partial charge in [-0.25, -0.2) is 9.97 Å². The molecule has 0 saturated carbocycles. The second-order valence-electron chi connectivity index (χ2n) is 9.26. The van der Waals surface area contributed by atoms with E-state index in [9.17, 15) is 9.59 Å². The number of fused-ring (bicyclic) bond motifs is 1. The standard InChI is InChI=1S/C28H29BrN8O4/c1-4-37-21(11-16(2)35-37)26(39)34-27-33-20-13-18(25(30)38)14-22(40-3)24(20)36(27)10-6-9-31-28-32-15-23(41-28)17-7-5-8-19(29)12-17/h5,7-8,11-15H,4,6,9-10H2,1-3H3,(H2,30,38)(H,31,32)(H,33,34,39). The number of primary amides is 1. The third-order valence-corrected chi connectivity index (χ3v) is 6.91. The molecule has 0 aliphatic carbocycles. The van der Waals surface area contributed by atoms with E-state index in [1.54, 1.807) is 29.1 Å². The van der Waals surface area contributed by atoms with Crippen LogP contribution < -0.4 is 21.1 Å². The molecule has 12 nitrogen and oxygen atoms in total. The normalized spacial score (nSPS) is 11.1. The Morgan fingerprint density at radius 2 is 2.02 bits per heavy atom. The topological polar surface area (TPSA) is 155 Å². The fraction of sp³-hybridized carbons (Fsp3) is 0.250. The predicted molar refractivity (Wildman–Crippen MR) is 158 cm³/mol. The highest BCUT2D eigenvalue weighted by Gasteiger charge is 2.21. The summed E-state index contributed by atoms with van der Waals surface area (Å²) in [7, 11) is 1.50. The summed E-state index contributed by atoms with van der Waals surface area (Å²) in [6.07, 6.45) is 2.29. The van der Waals surface area contributed by atoms with Gasteiger partial charge in [-0.15, -0.1) is 0 Å². The van der Waals surface area contributed by atoms with Crippen LogP contribution in [0.1, 0.15) is 39.9 Å². The highest BCUT2D eigenvalue weighted by atomic mass is 79.9. The Hall–Kier alpha value is -4.65. The number of carbonyl (C=O) groups excluding carboxylic acids is 2. The molecule has 0 bridgehead atoms. The molecule has 212 valence electrons. The van der Waals surface area contributed by atoms with Gasteiger partial charge in [0.2, 0.25) is 11.9 Å². The highest BCUT2D eigenvalue weighted by molar-refractivity contribution is 9.10. The van der Waals surface area contributed by atoms with Gasteiger partial charge in [0.05, 0.1) is 24.5 Å². The van der Waals surface area contributed by atoms with E-state index in [0.717, 1.165) is 15.7 Å². The number of aromatic nitrogens is 5. The lowest BCUT2D eigenvalue weighted by Gasteiger charge is -2.13. The number of methoxy groups -OCH3 is 1. The number of anilines is 2. The van der Waals surface area contributed by atoms with Gasteiger partial charge in [-0.3, -0.25) is 19.6 Å². The Bertz CT molecular complexity index is 1740. The molecule has 0 aliphatic rings. The van der Waals surface area contributed by atoms with E-state index in [1.165, 1.54) is 7.11 Å². The van der Waals surface area contributed by atoms with Crippen molar-refractivity contribution in [1.29, 1.82) is 0 Å². The first-order chi connectivity index (χ1) is 19.8. The van der Waals surface area contributed by atoms with Crippen molar-refractivity contribution in [2.24, 2.45) is 5.73 Å². The lowest BCUT2D eigenvalue weighted by Crippen LogP contribution is -2.20. The van der Waals surface area contributed by atoms with Crippen molar-refractivity contribution in [3.05, 3.63) is 70.1 Å². The number of carbonyl (C=O) groups is 2. The number of aryl methyl sites for hydroxylation is 3. The molecule has 0 saturated heterocycles. The zero-order chi connectivity index (χ0) is 29.1. The second-order valence-corrected chi connectivity index (χ2v) is 10.2. The van der Waals surface area contributed by atoms with Gasteiger partial charge in [-0.05, 0) is 50.6 Å². The largest absolute Gasteiger partial charge is 0.494 e. The predicted octanol–water partition coefficient (Wildman–Crippen LogP) is 4.84. The van der Waals surface area contributed by atoms with Crippen molar-refractivity contribution in [3.63, 3.8) is 0 Å². The smallest absolute Gasteiger partial charge is 0.295 e. The molecule has 0 spiro atoms. The van der Waals surface area contributed by atoms with E-state index in [0.29, 0.717) is 66.3 Å². The number of benzene rings is 2. The Balaban J connectivity index is 1.38. The van der Waals surface area contributed by atoms with Crippen molar-refractivity contribution >= 4 is 50.7 Å². The lowest BCUT2D eigenvalue weighted by atomic mass is 10.1. The SMILES string of the molecule is CCn1nc(C)cc1C(=O)Nc1nc2cc(C(N)=O)cc(OC)c2n1CCCNc1ncc(-c2cccc(Br)c2)o1. The lowest BCUT2D eigenvalue weighted by molar-refractivity contribution is 0.0995. The number of imidazole rings is 1. The first-order valence-electron chi connectivity index (χ1n) is 13.0. The molecule has 0 radical (unpaired) electrons. The number of ether oxygens (including phenoxy) is 1. The molecule has 2 aromatic carbocycles. The quantitative estimate of drug-likeness (QED) is 0.177. The van der Waals surface area contributed by atoms with Crippen LogP contribution in [0, 0.1) is 6.92 Å². The maximum absolute atomic E-state index is 13.3. The number of rotatable bonds is 11. The maximum atomic E-state index is 13.3. The number of nitrogens with one attached hydrogen (secondary N) is 2. The van der Waals surface area contributed by atoms with E-state index in [2.05, 4.69) is 41.6 Å². The number of hydrogen-bond donors (Lipinski definition) is 3. The number of amides is 2. The molecule has 41 heavy (non-hydrogen) atoms. The highest BCUT2D eigenvalue weighted by Crippen LogP contribution is 2.31. The Labute approximate surface area is 244 Å². The minimum absolute atomic E-state index is 0.253. The first kappa shape index (κ1) is 27.9. The molecular weight excluding hydrogens is 592 g/mol. The summed E-state index contributed by atoms with van der Waals surface area (Å²) in [5.41, 5.74) is 8.94. The van der Waals surface area contributed by atoms with Crippen LogP contribution in [0.3, 0.4) is 0 Å². The van der Waals surface area contributed by atoms with Crippen molar-refractivity contribution < 1.29 is 18.7 Å². The van der Waals surface area contributed by atoms with Gasteiger partial charge >= 0.3 is 0 Å². The fourth-order valence-electron chi connectivity index (χ4n) is 4.54. The number of oxazole rings is 1. The number of nitrogens with zero attached hydrogens (tertiary/aromatic N) is 5. The van der Waals surface area contributed by atoms with Crippen LogP contribution >= 0.6 is 15.9 Å². The van der Waals surface area contributed by atoms with Gasteiger partial charge in [0.1, 0.15) is 17.0 Å². The van der Waals surface area contributed by atoms with Crippen LogP contribution in [-0.4, -0.2) is 49.8 Å². The van der Waals surface area contributed by atoms with Crippen LogP contribution in [0.2, 0.25) is 0 Å². The number of nitrogens with two attached hydrogens (primary N) is 1. The fourth-order valence-corrected chi connectivity index (χ4v) is 4.94. The Morgan fingerprint density at radius 1 is 1.20 bits per heavy atom. The molecule has 5 aromatic rings. The van der Waals surface area contributed by atoms with Crippen molar-refractivity contribution in [1.82, 2.24) is 24.3 Å². The van der Waals surface area contributed by atoms with Crippen molar-refractivity contribution in [2.75, 3.05) is 24.3 Å². The summed E-state index contributed by atoms with van der Waals surface area (Å²) in [4.78, 5) is 34.1. The van der Waals surface area contributed by atoms with Gasteiger partial charge in [0.15, 0.2) is 5.76 Å². The summed E-state index contributed by atoms with van der Waals surface area (Å²) in [5, 5.41) is 10.5. The molecule has 4 N–H and O–H groups in total. The van der Waals surface area contributed by atoms with E-state index in [-0.39, 0.29) is 11.5 Å². The molecule has 2 amide bonds. The summed E-state index contributed by atoms with van der Waals surface area (Å²) in [6.45, 7) is 5.26. The number of hydrogen-bond acceptors (Lipinski definition) is 8. The average Bonchev–Trinajstić information content (AvgIpc) is 3.67. The van der Waals surface area contributed by atoms with Gasteiger partial charge in [0, 0.05) is 35.2 Å². The van der Waals surface area contributed by atoms with Gasteiger partial charge in [-0.2, -0.15) is 5.10 Å². The molecule has 3 heterocycles. The minimum Gasteiger partial charge on any atom is -0.494 e. The maximum Gasteiger partial charge on any atom is 0.295 e. The van der Waals surface area contributed by atoms with E-state index in [4.69, 9.17) is 14.9 Å². The molecule has 3 aromatic heterocycles. The van der Waals surface area contributed by atoms with Gasteiger partial charge in [0.25, 0.3) is 11.9 Å². The zero-order valence-electron chi connectivity index (χ0n) is 22.8. The number of halogens is 1. The summed E-state index contributed by atoms with van der Waals surface area (Å²) < 4.78 is 15.9. The Kier molecular flexibility index (Phi) is 8.06. The van der Waals surface area contributed by atoms with Crippen molar-refractivity contribution in [3.8, 4) is 17.1 Å². The third kappa shape index (κ3) is 5.94. The molecular formula is C28H29BrN8O4. The zero-order valence-corrected chi connectivity index (χ0v) is 24.4. The van der Waals surface area contributed by atoms with Crippen LogP contribution in [-0.2, 0) is 13.1 Å². The third-order valence-electron chi connectivity index (χ3n) is 6.42. The van der Waals surface area contributed by atoms with Crippen LogP contribution in [0.4, 0.5) is 12.0 Å². The minimum atomic E-state index is -0.606.